The molecule has 0 unspecified atom stereocenters. The monoisotopic (exact) mass is 295 g/mol. The Morgan fingerprint density at radius 2 is 2.06 bits per heavy atom. The third kappa shape index (κ3) is 2.84. The summed E-state index contributed by atoms with van der Waals surface area (Å²) in [6.07, 6.45) is 4.29. The Morgan fingerprint density at radius 3 is 2.59 bits per heavy atom. The SMILES string of the molecule is C=Cc1c(Br)ccc2[nH]cc(C=O)c12.COC. The molecular weight excluding hydrogens is 282 g/mol. The molecule has 17 heavy (non-hydrogen) atoms. The first-order chi connectivity index (χ1) is 8.19. The van der Waals surface area contributed by atoms with Crippen LogP contribution in [0.5, 0.6) is 0 Å². The second kappa shape index (κ2) is 6.37. The van der Waals surface area contributed by atoms with Gasteiger partial charge in [-0.2, -0.15) is 0 Å². The minimum atomic E-state index is 0.663. The topological polar surface area (TPSA) is 42.1 Å². The molecule has 2 aromatic rings. The van der Waals surface area contributed by atoms with Gasteiger partial charge in [0.05, 0.1) is 0 Å². The van der Waals surface area contributed by atoms with Crippen molar-refractivity contribution in [2.75, 3.05) is 14.2 Å². The molecular formula is C13H14BrNO2. The predicted molar refractivity (Wildman–Crippen MR) is 74.4 cm³/mol. The van der Waals surface area contributed by atoms with Gasteiger partial charge in [0.25, 0.3) is 0 Å². The van der Waals surface area contributed by atoms with Crippen LogP contribution in [0.2, 0.25) is 0 Å². The van der Waals surface area contributed by atoms with Crippen LogP contribution in [-0.2, 0) is 4.74 Å². The first-order valence-corrected chi connectivity index (χ1v) is 5.76. The van der Waals surface area contributed by atoms with Gasteiger partial charge in [0.15, 0.2) is 6.29 Å². The Bertz CT molecular complexity index is 531. The number of carbonyl (C=O) groups excluding carboxylic acids is 1. The summed E-state index contributed by atoms with van der Waals surface area (Å²) in [4.78, 5) is 13.8. The van der Waals surface area contributed by atoms with E-state index in [1.807, 2.05) is 12.1 Å². The number of aromatic amines is 1. The standard InChI is InChI=1S/C11H8BrNO.C2H6O/c1-2-8-9(12)3-4-10-11(8)7(6-14)5-13-10;1-3-2/h2-6,13H,1H2;1-2H3. The molecule has 0 amide bonds. The van der Waals surface area contributed by atoms with Crippen LogP contribution in [0, 0.1) is 0 Å². The number of carbonyl (C=O) groups is 1. The van der Waals surface area contributed by atoms with E-state index in [4.69, 9.17) is 0 Å². The van der Waals surface area contributed by atoms with Crippen LogP contribution < -0.4 is 0 Å². The molecule has 2 rings (SSSR count). The molecule has 0 fully saturated rings. The Morgan fingerprint density at radius 1 is 1.41 bits per heavy atom. The molecule has 0 saturated carbocycles. The number of nitrogens with one attached hydrogen (secondary N) is 1. The average Bonchev–Trinajstić information content (AvgIpc) is 2.73. The summed E-state index contributed by atoms with van der Waals surface area (Å²) in [7, 11) is 3.25. The maximum absolute atomic E-state index is 10.8. The highest BCUT2D eigenvalue weighted by Crippen LogP contribution is 2.28. The van der Waals surface area contributed by atoms with Crippen molar-refractivity contribution in [3.8, 4) is 0 Å². The number of halogens is 1. The first-order valence-electron chi connectivity index (χ1n) is 4.96. The fourth-order valence-electron chi connectivity index (χ4n) is 1.55. The molecule has 4 heteroatoms. The average molecular weight is 296 g/mol. The van der Waals surface area contributed by atoms with E-state index in [0.29, 0.717) is 5.56 Å². The number of hydrogen-bond acceptors (Lipinski definition) is 2. The fourth-order valence-corrected chi connectivity index (χ4v) is 2.04. The van der Waals surface area contributed by atoms with E-state index < -0.39 is 0 Å². The number of H-pyrrole nitrogens is 1. The zero-order valence-electron chi connectivity index (χ0n) is 9.79. The van der Waals surface area contributed by atoms with Crippen LogP contribution in [-0.4, -0.2) is 25.5 Å². The Hall–Kier alpha value is -1.39. The Labute approximate surface area is 109 Å². The van der Waals surface area contributed by atoms with Crippen molar-refractivity contribution in [1.82, 2.24) is 4.98 Å². The molecule has 0 saturated heterocycles. The number of aromatic nitrogens is 1. The van der Waals surface area contributed by atoms with Crippen LogP contribution in [0.25, 0.3) is 17.0 Å². The molecule has 0 aliphatic carbocycles. The van der Waals surface area contributed by atoms with Gasteiger partial charge < -0.3 is 9.72 Å². The van der Waals surface area contributed by atoms with Crippen molar-refractivity contribution in [3.05, 3.63) is 40.5 Å². The summed E-state index contributed by atoms with van der Waals surface area (Å²) >= 11 is 3.42. The van der Waals surface area contributed by atoms with Crippen molar-refractivity contribution in [1.29, 1.82) is 0 Å². The summed E-state index contributed by atoms with van der Waals surface area (Å²) in [6, 6.07) is 3.86. The van der Waals surface area contributed by atoms with Gasteiger partial charge in [-0.1, -0.05) is 28.6 Å². The summed E-state index contributed by atoms with van der Waals surface area (Å²) < 4.78 is 5.20. The zero-order valence-corrected chi connectivity index (χ0v) is 11.4. The predicted octanol–water partition coefficient (Wildman–Crippen LogP) is 3.65. The lowest BCUT2D eigenvalue weighted by Gasteiger charge is -2.00. The van der Waals surface area contributed by atoms with Crippen molar-refractivity contribution < 1.29 is 9.53 Å². The fraction of sp³-hybridized carbons (Fsp3) is 0.154. The Balaban J connectivity index is 0.000000437. The number of fused-ring (bicyclic) bond motifs is 1. The van der Waals surface area contributed by atoms with E-state index in [0.717, 1.165) is 27.2 Å². The van der Waals surface area contributed by atoms with E-state index >= 15 is 0 Å². The largest absolute Gasteiger partial charge is 0.388 e. The van der Waals surface area contributed by atoms with Gasteiger partial charge in [0.2, 0.25) is 0 Å². The van der Waals surface area contributed by atoms with E-state index in [2.05, 4.69) is 32.2 Å². The summed E-state index contributed by atoms with van der Waals surface area (Å²) in [6.45, 7) is 3.74. The maximum atomic E-state index is 10.8. The van der Waals surface area contributed by atoms with E-state index in [9.17, 15) is 4.79 Å². The van der Waals surface area contributed by atoms with E-state index in [1.54, 1.807) is 26.5 Å². The maximum Gasteiger partial charge on any atom is 0.152 e. The van der Waals surface area contributed by atoms with Crippen molar-refractivity contribution in [2.24, 2.45) is 0 Å². The normalized spacial score (nSPS) is 9.59. The molecule has 1 aromatic heterocycles. The highest BCUT2D eigenvalue weighted by atomic mass is 79.9. The van der Waals surface area contributed by atoms with Crippen LogP contribution in [0.4, 0.5) is 0 Å². The van der Waals surface area contributed by atoms with Gasteiger partial charge >= 0.3 is 0 Å². The molecule has 0 atom stereocenters. The highest BCUT2D eigenvalue weighted by Gasteiger charge is 2.08. The van der Waals surface area contributed by atoms with Gasteiger partial charge in [0.1, 0.15) is 0 Å². The van der Waals surface area contributed by atoms with Crippen LogP contribution in [0.15, 0.2) is 29.4 Å². The summed E-state index contributed by atoms with van der Waals surface area (Å²) in [5.74, 6) is 0. The van der Waals surface area contributed by atoms with E-state index in [1.165, 1.54) is 0 Å². The second-order valence-electron chi connectivity index (χ2n) is 3.36. The number of methoxy groups -OCH3 is 1. The Kier molecular flexibility index (Phi) is 5.12. The molecule has 1 aromatic carbocycles. The molecule has 0 spiro atoms. The molecule has 90 valence electrons. The van der Waals surface area contributed by atoms with Crippen LogP contribution >= 0.6 is 15.9 Å². The van der Waals surface area contributed by atoms with Crippen molar-refractivity contribution >= 4 is 39.2 Å². The zero-order chi connectivity index (χ0) is 12.8. The number of rotatable bonds is 2. The lowest BCUT2D eigenvalue weighted by atomic mass is 10.1. The molecule has 0 aliphatic rings. The molecule has 0 aliphatic heterocycles. The smallest absolute Gasteiger partial charge is 0.152 e. The number of ether oxygens (including phenoxy) is 1. The third-order valence-corrected chi connectivity index (χ3v) is 2.89. The molecule has 3 nitrogen and oxygen atoms in total. The minimum absolute atomic E-state index is 0.663. The van der Waals surface area contributed by atoms with Gasteiger partial charge in [-0.05, 0) is 17.7 Å². The van der Waals surface area contributed by atoms with Crippen molar-refractivity contribution in [2.45, 2.75) is 0 Å². The first kappa shape index (κ1) is 13.7. The molecule has 1 heterocycles. The summed E-state index contributed by atoms with van der Waals surface area (Å²) in [5.41, 5.74) is 2.56. The number of benzene rings is 1. The molecule has 0 bridgehead atoms. The van der Waals surface area contributed by atoms with Crippen LogP contribution in [0.3, 0.4) is 0 Å². The van der Waals surface area contributed by atoms with Crippen LogP contribution in [0.1, 0.15) is 15.9 Å². The molecule has 1 N–H and O–H groups in total. The van der Waals surface area contributed by atoms with Gasteiger partial charge in [0, 0.05) is 41.4 Å². The lowest BCUT2D eigenvalue weighted by molar-refractivity contribution is 0.112. The van der Waals surface area contributed by atoms with Crippen molar-refractivity contribution in [3.63, 3.8) is 0 Å². The van der Waals surface area contributed by atoms with Gasteiger partial charge in [-0.3, -0.25) is 4.79 Å². The molecule has 0 radical (unpaired) electrons. The number of aldehydes is 1. The highest BCUT2D eigenvalue weighted by molar-refractivity contribution is 9.10. The lowest BCUT2D eigenvalue weighted by Crippen LogP contribution is -1.81. The minimum Gasteiger partial charge on any atom is -0.388 e. The van der Waals surface area contributed by atoms with Gasteiger partial charge in [-0.15, -0.1) is 0 Å². The number of hydrogen-bond donors (Lipinski definition) is 1. The third-order valence-electron chi connectivity index (χ3n) is 2.20. The van der Waals surface area contributed by atoms with E-state index in [-0.39, 0.29) is 0 Å². The quantitative estimate of drug-likeness (QED) is 0.860. The second-order valence-corrected chi connectivity index (χ2v) is 4.21. The van der Waals surface area contributed by atoms with Gasteiger partial charge in [-0.25, -0.2) is 0 Å². The summed E-state index contributed by atoms with van der Waals surface area (Å²) in [5, 5.41) is 0.921.